The summed E-state index contributed by atoms with van der Waals surface area (Å²) < 4.78 is 13.3. The van der Waals surface area contributed by atoms with Crippen LogP contribution >= 0.6 is 11.3 Å². The molecule has 6 heteroatoms. The number of aromatic nitrogens is 2. The molecular formula is C23H23FN3OS+. The second-order valence-corrected chi connectivity index (χ2v) is 8.50. The van der Waals surface area contributed by atoms with Crippen LogP contribution in [-0.2, 0) is 6.54 Å². The monoisotopic (exact) mass is 408 g/mol. The normalized spacial score (nSPS) is 12.6. The number of benzene rings is 2. The summed E-state index contributed by atoms with van der Waals surface area (Å²) in [5, 5.41) is 2.77. The molecule has 0 saturated heterocycles. The summed E-state index contributed by atoms with van der Waals surface area (Å²) in [6, 6.07) is 18.7. The Morgan fingerprint density at radius 2 is 1.83 bits per heavy atom. The van der Waals surface area contributed by atoms with Gasteiger partial charge in [0.25, 0.3) is 5.56 Å². The van der Waals surface area contributed by atoms with Crippen LogP contribution in [0.15, 0.2) is 65.5 Å². The number of halogens is 1. The second-order valence-electron chi connectivity index (χ2n) is 7.47. The van der Waals surface area contributed by atoms with E-state index in [0.29, 0.717) is 23.7 Å². The van der Waals surface area contributed by atoms with E-state index >= 15 is 0 Å². The highest BCUT2D eigenvalue weighted by atomic mass is 32.1. The molecule has 29 heavy (non-hydrogen) atoms. The maximum absolute atomic E-state index is 13.3. The number of hydrogen-bond donors (Lipinski definition) is 2. The zero-order valence-corrected chi connectivity index (χ0v) is 17.2. The van der Waals surface area contributed by atoms with Crippen LogP contribution in [-0.4, -0.2) is 9.97 Å². The van der Waals surface area contributed by atoms with Gasteiger partial charge in [0.05, 0.1) is 5.39 Å². The lowest BCUT2D eigenvalue weighted by atomic mass is 9.96. The fourth-order valence-electron chi connectivity index (χ4n) is 3.53. The number of quaternary nitrogens is 1. The van der Waals surface area contributed by atoms with E-state index in [1.54, 1.807) is 0 Å². The van der Waals surface area contributed by atoms with E-state index in [9.17, 15) is 9.18 Å². The van der Waals surface area contributed by atoms with Crippen LogP contribution in [0.1, 0.15) is 31.3 Å². The molecule has 2 aromatic carbocycles. The Kier molecular flexibility index (Phi) is 5.56. The van der Waals surface area contributed by atoms with Gasteiger partial charge in [-0.15, -0.1) is 11.3 Å². The zero-order valence-electron chi connectivity index (χ0n) is 16.4. The molecular weight excluding hydrogens is 385 g/mol. The number of H-pyrrole nitrogens is 1. The van der Waals surface area contributed by atoms with E-state index < -0.39 is 0 Å². The Labute approximate surface area is 172 Å². The van der Waals surface area contributed by atoms with Crippen LogP contribution in [0.4, 0.5) is 4.39 Å². The molecule has 2 aromatic heterocycles. The van der Waals surface area contributed by atoms with Crippen molar-refractivity contribution in [1.82, 2.24) is 9.97 Å². The SMILES string of the molecule is CC(C)[C@H]([NH2+]Cc1nc2sc(-c3ccccc3)cc2c(=O)[nH]1)c1ccc(F)cc1. The summed E-state index contributed by atoms with van der Waals surface area (Å²) >= 11 is 1.53. The standard InChI is InChI=1S/C23H22FN3OS/c1-14(2)21(16-8-10-17(24)11-9-16)25-13-20-26-22(28)18-12-19(29-23(18)27-20)15-6-4-3-5-7-15/h3-12,14,21,25H,13H2,1-2H3,(H,26,27,28)/p+1/t21-/m0/s1. The fourth-order valence-corrected chi connectivity index (χ4v) is 4.59. The van der Waals surface area contributed by atoms with Crippen molar-refractivity contribution in [2.75, 3.05) is 0 Å². The molecule has 0 unspecified atom stereocenters. The molecule has 2 heterocycles. The van der Waals surface area contributed by atoms with Crippen molar-refractivity contribution >= 4 is 21.6 Å². The van der Waals surface area contributed by atoms with Gasteiger partial charge in [0.15, 0.2) is 5.82 Å². The Morgan fingerprint density at radius 3 is 2.52 bits per heavy atom. The third-order valence-corrected chi connectivity index (χ3v) is 6.13. The van der Waals surface area contributed by atoms with E-state index in [1.807, 2.05) is 48.5 Å². The van der Waals surface area contributed by atoms with Crippen molar-refractivity contribution in [3.8, 4) is 10.4 Å². The molecule has 0 spiro atoms. The first-order valence-electron chi connectivity index (χ1n) is 9.68. The molecule has 4 nitrogen and oxygen atoms in total. The third kappa shape index (κ3) is 4.28. The maximum Gasteiger partial charge on any atom is 0.259 e. The smallest absolute Gasteiger partial charge is 0.259 e. The van der Waals surface area contributed by atoms with Gasteiger partial charge >= 0.3 is 0 Å². The number of rotatable bonds is 6. The lowest BCUT2D eigenvalue weighted by Gasteiger charge is -2.19. The first kappa shape index (κ1) is 19.5. The van der Waals surface area contributed by atoms with Gasteiger partial charge in [0, 0.05) is 16.4 Å². The fraction of sp³-hybridized carbons (Fsp3) is 0.217. The van der Waals surface area contributed by atoms with E-state index in [1.165, 1.54) is 23.5 Å². The summed E-state index contributed by atoms with van der Waals surface area (Å²) in [4.78, 5) is 22.0. The summed E-state index contributed by atoms with van der Waals surface area (Å²) in [6.45, 7) is 4.81. The maximum atomic E-state index is 13.3. The van der Waals surface area contributed by atoms with Gasteiger partial charge in [-0.25, -0.2) is 9.37 Å². The Hall–Kier alpha value is -2.83. The first-order valence-corrected chi connectivity index (χ1v) is 10.5. The van der Waals surface area contributed by atoms with Crippen LogP contribution in [0.3, 0.4) is 0 Å². The Morgan fingerprint density at radius 1 is 1.10 bits per heavy atom. The number of nitrogens with two attached hydrogens (primary N) is 1. The molecule has 4 rings (SSSR count). The minimum Gasteiger partial charge on any atom is -0.334 e. The number of nitrogens with zero attached hydrogens (tertiary/aromatic N) is 1. The average Bonchev–Trinajstić information content (AvgIpc) is 3.15. The molecule has 0 radical (unpaired) electrons. The van der Waals surface area contributed by atoms with Crippen molar-refractivity contribution in [1.29, 1.82) is 0 Å². The van der Waals surface area contributed by atoms with Gasteiger partial charge in [-0.1, -0.05) is 56.3 Å². The summed E-state index contributed by atoms with van der Waals surface area (Å²) in [6.07, 6.45) is 0. The molecule has 4 aromatic rings. The van der Waals surface area contributed by atoms with Crippen LogP contribution in [0, 0.1) is 11.7 Å². The molecule has 1 atom stereocenters. The minimum absolute atomic E-state index is 0.111. The molecule has 0 aliphatic heterocycles. The van der Waals surface area contributed by atoms with Gasteiger partial charge < -0.3 is 10.3 Å². The molecule has 0 aliphatic carbocycles. The third-order valence-electron chi connectivity index (χ3n) is 5.05. The van der Waals surface area contributed by atoms with Crippen molar-refractivity contribution in [2.24, 2.45) is 5.92 Å². The molecule has 0 fully saturated rings. The predicted octanol–water partition coefficient (Wildman–Crippen LogP) is 4.25. The van der Waals surface area contributed by atoms with Crippen LogP contribution < -0.4 is 10.9 Å². The van der Waals surface area contributed by atoms with Crippen molar-refractivity contribution in [2.45, 2.75) is 26.4 Å². The number of hydrogen-bond acceptors (Lipinski definition) is 3. The summed E-state index contributed by atoms with van der Waals surface area (Å²) in [5.41, 5.74) is 2.03. The average molecular weight is 409 g/mol. The highest BCUT2D eigenvalue weighted by molar-refractivity contribution is 7.21. The molecule has 0 bridgehead atoms. The molecule has 3 N–H and O–H groups in total. The number of thiophene rings is 1. The molecule has 0 amide bonds. The van der Waals surface area contributed by atoms with E-state index in [2.05, 4.69) is 24.1 Å². The lowest BCUT2D eigenvalue weighted by molar-refractivity contribution is -0.718. The Bertz CT molecular complexity index is 1170. The van der Waals surface area contributed by atoms with E-state index in [-0.39, 0.29) is 17.4 Å². The van der Waals surface area contributed by atoms with E-state index in [0.717, 1.165) is 20.8 Å². The van der Waals surface area contributed by atoms with Crippen LogP contribution in [0.5, 0.6) is 0 Å². The van der Waals surface area contributed by atoms with Crippen molar-refractivity contribution in [3.63, 3.8) is 0 Å². The number of nitrogens with one attached hydrogen (secondary N) is 1. The first-order chi connectivity index (χ1) is 14.0. The van der Waals surface area contributed by atoms with Crippen LogP contribution in [0.2, 0.25) is 0 Å². The topological polar surface area (TPSA) is 62.4 Å². The van der Waals surface area contributed by atoms with E-state index in [4.69, 9.17) is 4.98 Å². The van der Waals surface area contributed by atoms with Crippen LogP contribution in [0.25, 0.3) is 20.7 Å². The van der Waals surface area contributed by atoms with Crippen molar-refractivity contribution in [3.05, 3.63) is 88.2 Å². The van der Waals surface area contributed by atoms with Gasteiger partial charge in [-0.05, 0) is 23.8 Å². The lowest BCUT2D eigenvalue weighted by Crippen LogP contribution is -2.85. The van der Waals surface area contributed by atoms with Gasteiger partial charge in [0.1, 0.15) is 23.2 Å². The minimum atomic E-state index is -0.236. The van der Waals surface area contributed by atoms with Crippen molar-refractivity contribution < 1.29 is 9.71 Å². The van der Waals surface area contributed by atoms with Gasteiger partial charge in [0.2, 0.25) is 0 Å². The second kappa shape index (κ2) is 8.27. The zero-order chi connectivity index (χ0) is 20.4. The number of fused-ring (bicyclic) bond motifs is 1. The highest BCUT2D eigenvalue weighted by Gasteiger charge is 2.20. The largest absolute Gasteiger partial charge is 0.334 e. The molecule has 0 aliphatic rings. The predicted molar refractivity (Wildman–Crippen MR) is 115 cm³/mol. The molecule has 148 valence electrons. The quantitative estimate of drug-likeness (QED) is 0.501. The molecule has 0 saturated carbocycles. The van der Waals surface area contributed by atoms with Gasteiger partial charge in [-0.3, -0.25) is 4.79 Å². The number of aromatic amines is 1. The highest BCUT2D eigenvalue weighted by Crippen LogP contribution is 2.30. The summed E-state index contributed by atoms with van der Waals surface area (Å²) in [5.74, 6) is 0.763. The Balaban J connectivity index is 1.59. The van der Waals surface area contributed by atoms with Gasteiger partial charge in [-0.2, -0.15) is 0 Å². The summed E-state index contributed by atoms with van der Waals surface area (Å²) in [7, 11) is 0.